The van der Waals surface area contributed by atoms with Crippen molar-refractivity contribution in [2.75, 3.05) is 6.61 Å². The van der Waals surface area contributed by atoms with Gasteiger partial charge in [0.05, 0.1) is 18.8 Å². The van der Waals surface area contributed by atoms with Gasteiger partial charge in [0.1, 0.15) is 0 Å². The summed E-state index contributed by atoms with van der Waals surface area (Å²) in [5.41, 5.74) is 2.31. The van der Waals surface area contributed by atoms with Crippen LogP contribution < -0.4 is 0 Å². The Labute approximate surface area is 183 Å². The lowest BCUT2D eigenvalue weighted by atomic mass is 9.47. The van der Waals surface area contributed by atoms with Crippen LogP contribution in [0.4, 0.5) is 0 Å². The molecule has 0 aromatic carbocycles. The van der Waals surface area contributed by atoms with Gasteiger partial charge in [0, 0.05) is 12.3 Å². The fraction of sp³-hybridized carbons (Fsp3) is 0.926. The van der Waals surface area contributed by atoms with Crippen LogP contribution in [0.5, 0.6) is 0 Å². The lowest BCUT2D eigenvalue weighted by molar-refractivity contribution is -0.272. The van der Waals surface area contributed by atoms with Crippen LogP contribution in [0.1, 0.15) is 85.5 Å². The van der Waals surface area contributed by atoms with Crippen molar-refractivity contribution in [3.63, 3.8) is 0 Å². The van der Waals surface area contributed by atoms with Crippen LogP contribution in [0.25, 0.3) is 0 Å². The number of rotatable bonds is 0. The van der Waals surface area contributed by atoms with Crippen molar-refractivity contribution >= 4 is 0 Å². The van der Waals surface area contributed by atoms with Crippen molar-refractivity contribution in [1.82, 2.24) is 0 Å². The van der Waals surface area contributed by atoms with Gasteiger partial charge in [-0.25, -0.2) is 0 Å². The van der Waals surface area contributed by atoms with Gasteiger partial charge < -0.3 is 14.6 Å². The number of hydrogen-bond donors (Lipinski definition) is 1. The van der Waals surface area contributed by atoms with Crippen LogP contribution in [0.3, 0.4) is 0 Å². The van der Waals surface area contributed by atoms with Crippen molar-refractivity contribution in [2.24, 2.45) is 46.3 Å². The highest BCUT2D eigenvalue weighted by Crippen LogP contribution is 2.70. The highest BCUT2D eigenvalue weighted by molar-refractivity contribution is 5.26. The Bertz CT molecular complexity index is 736. The lowest BCUT2D eigenvalue weighted by Gasteiger charge is -2.58. The zero-order valence-electron chi connectivity index (χ0n) is 19.5. The molecule has 6 aliphatic rings. The molecule has 11 atom stereocenters. The average Bonchev–Trinajstić information content (AvgIpc) is 3.16. The highest BCUT2D eigenvalue weighted by Gasteiger charge is 2.68. The van der Waals surface area contributed by atoms with Gasteiger partial charge in [0.2, 0.25) is 0 Å². The van der Waals surface area contributed by atoms with E-state index in [1.54, 1.807) is 5.57 Å². The average molecular weight is 415 g/mol. The number of aliphatic hydroxyl groups excluding tert-OH is 1. The molecule has 168 valence electrons. The number of fused-ring (bicyclic) bond motifs is 7. The van der Waals surface area contributed by atoms with Gasteiger partial charge in [-0.2, -0.15) is 0 Å². The van der Waals surface area contributed by atoms with E-state index in [4.69, 9.17) is 9.47 Å². The normalized spacial score (nSPS) is 59.8. The van der Waals surface area contributed by atoms with E-state index in [1.165, 1.54) is 38.5 Å². The summed E-state index contributed by atoms with van der Waals surface area (Å²) in [6, 6.07) is 0. The molecule has 5 fully saturated rings. The van der Waals surface area contributed by atoms with Crippen LogP contribution in [0.15, 0.2) is 11.6 Å². The fourth-order valence-electron chi connectivity index (χ4n) is 9.66. The molecular weight excluding hydrogens is 372 g/mol. The third kappa shape index (κ3) is 2.55. The first-order chi connectivity index (χ1) is 14.3. The molecule has 6 rings (SSSR count). The molecule has 0 bridgehead atoms. The summed E-state index contributed by atoms with van der Waals surface area (Å²) < 4.78 is 13.3. The summed E-state index contributed by atoms with van der Waals surface area (Å²) in [7, 11) is 0. The van der Waals surface area contributed by atoms with Crippen LogP contribution in [-0.2, 0) is 9.47 Å². The minimum atomic E-state index is -0.294. The molecular formula is C27H42O3. The van der Waals surface area contributed by atoms with Crippen molar-refractivity contribution < 1.29 is 14.6 Å². The van der Waals surface area contributed by atoms with Gasteiger partial charge in [-0.05, 0) is 91.8 Å². The standard InChI is InChI=1S/C27H42O3/c1-16-7-12-27(29-15-16)17(2)24-23(30-27)14-22-20-6-5-18-13-19(28)8-10-25(18,3)21(20)9-11-26(22,24)4/h5,16-17,19-24,28H,6-15H2,1-4H3/t16?,17?,19-,20+,21?,22?,23?,24?,25-,26-,27?/m0/s1. The van der Waals surface area contributed by atoms with E-state index >= 15 is 0 Å². The SMILES string of the molecule is CC1CCC2(OC1)OC1CC3[C@@H]4CC=C5C[C@@H](O)CC[C@]5(C)C4CC[C@]3(C)C1C2C. The summed E-state index contributed by atoms with van der Waals surface area (Å²) in [6.07, 6.45) is 13.5. The van der Waals surface area contributed by atoms with E-state index < -0.39 is 0 Å². The summed E-state index contributed by atoms with van der Waals surface area (Å²) >= 11 is 0. The van der Waals surface area contributed by atoms with Crippen LogP contribution in [0.2, 0.25) is 0 Å². The maximum Gasteiger partial charge on any atom is 0.171 e. The van der Waals surface area contributed by atoms with Crippen LogP contribution in [-0.4, -0.2) is 29.7 Å². The van der Waals surface area contributed by atoms with E-state index in [1.807, 2.05) is 0 Å². The van der Waals surface area contributed by atoms with E-state index in [0.29, 0.717) is 34.7 Å². The molecule has 7 unspecified atom stereocenters. The molecule has 3 saturated carbocycles. The van der Waals surface area contributed by atoms with Crippen molar-refractivity contribution in [2.45, 2.75) is 103 Å². The first kappa shape index (κ1) is 20.2. The number of hydrogen-bond acceptors (Lipinski definition) is 3. The largest absolute Gasteiger partial charge is 0.393 e. The van der Waals surface area contributed by atoms with Crippen LogP contribution in [0, 0.1) is 46.3 Å². The Morgan fingerprint density at radius 2 is 1.87 bits per heavy atom. The summed E-state index contributed by atoms with van der Waals surface area (Å²) in [5, 5.41) is 10.3. The maximum atomic E-state index is 10.3. The van der Waals surface area contributed by atoms with Gasteiger partial charge in [-0.3, -0.25) is 0 Å². The van der Waals surface area contributed by atoms with Gasteiger partial charge in [-0.15, -0.1) is 0 Å². The maximum absolute atomic E-state index is 10.3. The number of aliphatic hydroxyl groups is 1. The molecule has 0 amide bonds. The van der Waals surface area contributed by atoms with E-state index in [0.717, 1.165) is 43.6 Å². The van der Waals surface area contributed by atoms with E-state index in [2.05, 4.69) is 33.8 Å². The molecule has 1 spiro atoms. The van der Waals surface area contributed by atoms with Gasteiger partial charge in [0.25, 0.3) is 0 Å². The Hall–Kier alpha value is -0.380. The number of allylic oxidation sites excluding steroid dienone is 1. The summed E-state index contributed by atoms with van der Waals surface area (Å²) in [4.78, 5) is 0. The Kier molecular flexibility index (Phi) is 4.44. The zero-order valence-corrected chi connectivity index (χ0v) is 19.5. The molecule has 3 nitrogen and oxygen atoms in total. The zero-order chi connectivity index (χ0) is 20.9. The second-order valence-corrected chi connectivity index (χ2v) is 12.7. The monoisotopic (exact) mass is 414 g/mol. The quantitative estimate of drug-likeness (QED) is 0.516. The fourth-order valence-corrected chi connectivity index (χ4v) is 9.66. The van der Waals surface area contributed by atoms with Crippen molar-refractivity contribution in [3.05, 3.63) is 11.6 Å². The first-order valence-corrected chi connectivity index (χ1v) is 13.0. The molecule has 2 heterocycles. The van der Waals surface area contributed by atoms with Crippen molar-refractivity contribution in [3.8, 4) is 0 Å². The highest BCUT2D eigenvalue weighted by atomic mass is 16.7. The van der Waals surface area contributed by atoms with Gasteiger partial charge in [-0.1, -0.05) is 39.3 Å². The van der Waals surface area contributed by atoms with Crippen molar-refractivity contribution in [1.29, 1.82) is 0 Å². The molecule has 0 aromatic heterocycles. The third-order valence-electron chi connectivity index (χ3n) is 11.3. The van der Waals surface area contributed by atoms with E-state index in [9.17, 15) is 5.11 Å². The second-order valence-electron chi connectivity index (χ2n) is 12.7. The number of ether oxygens (including phenoxy) is 2. The van der Waals surface area contributed by atoms with Gasteiger partial charge >= 0.3 is 0 Å². The molecule has 0 radical (unpaired) electrons. The smallest absolute Gasteiger partial charge is 0.171 e. The van der Waals surface area contributed by atoms with Crippen LogP contribution >= 0.6 is 0 Å². The van der Waals surface area contributed by atoms with E-state index in [-0.39, 0.29) is 11.9 Å². The summed E-state index contributed by atoms with van der Waals surface area (Å²) in [5.74, 6) is 3.94. The minimum Gasteiger partial charge on any atom is -0.393 e. The lowest BCUT2D eigenvalue weighted by Crippen LogP contribution is -2.52. The topological polar surface area (TPSA) is 38.7 Å². The Balaban J connectivity index is 1.28. The Morgan fingerprint density at radius 1 is 1.03 bits per heavy atom. The molecule has 2 saturated heterocycles. The molecule has 4 aliphatic carbocycles. The molecule has 0 aromatic rings. The third-order valence-corrected chi connectivity index (χ3v) is 11.3. The minimum absolute atomic E-state index is 0.107. The molecule has 30 heavy (non-hydrogen) atoms. The second kappa shape index (κ2) is 6.58. The molecule has 2 aliphatic heterocycles. The predicted molar refractivity (Wildman–Crippen MR) is 118 cm³/mol. The molecule has 3 heteroatoms. The first-order valence-electron chi connectivity index (χ1n) is 13.0. The molecule has 1 N–H and O–H groups in total. The predicted octanol–water partition coefficient (Wildman–Crippen LogP) is 5.71. The Morgan fingerprint density at radius 3 is 2.63 bits per heavy atom. The summed E-state index contributed by atoms with van der Waals surface area (Å²) in [6.45, 7) is 10.8. The van der Waals surface area contributed by atoms with Gasteiger partial charge in [0.15, 0.2) is 5.79 Å².